The van der Waals surface area contributed by atoms with Crippen molar-refractivity contribution in [3.63, 3.8) is 0 Å². The van der Waals surface area contributed by atoms with E-state index >= 15 is 0 Å². The van der Waals surface area contributed by atoms with Gasteiger partial charge < -0.3 is 16.2 Å². The Kier molecular flexibility index (Phi) is 3.59. The molecule has 0 saturated heterocycles. The third-order valence-corrected chi connectivity index (χ3v) is 2.87. The van der Waals surface area contributed by atoms with Crippen LogP contribution in [0, 0.1) is 17.6 Å². The highest BCUT2D eigenvalue weighted by molar-refractivity contribution is 5.33. The highest BCUT2D eigenvalue weighted by Crippen LogP contribution is 2.31. The maximum absolute atomic E-state index is 13.4. The molecule has 1 fully saturated rings. The molecule has 1 aromatic carbocycles. The molecule has 0 aromatic heterocycles. The Morgan fingerprint density at radius 3 is 2.65 bits per heavy atom. The molecular formula is C12H16F2N2O. The van der Waals surface area contributed by atoms with Crippen molar-refractivity contribution in [1.82, 2.24) is 0 Å². The Labute approximate surface area is 98.7 Å². The first-order valence-corrected chi connectivity index (χ1v) is 5.69. The lowest BCUT2D eigenvalue weighted by Gasteiger charge is -2.13. The number of nitrogens with two attached hydrogens (primary N) is 2. The van der Waals surface area contributed by atoms with E-state index in [2.05, 4.69) is 0 Å². The second-order valence-corrected chi connectivity index (χ2v) is 4.41. The lowest BCUT2D eigenvalue weighted by molar-refractivity contribution is 0.279. The minimum absolute atomic E-state index is 0.0733. The molecule has 0 radical (unpaired) electrons. The summed E-state index contributed by atoms with van der Waals surface area (Å²) in [6, 6.07) is 1.99. The van der Waals surface area contributed by atoms with Gasteiger partial charge in [0.15, 0.2) is 11.6 Å². The van der Waals surface area contributed by atoms with E-state index in [1.54, 1.807) is 0 Å². The van der Waals surface area contributed by atoms with Gasteiger partial charge in [0, 0.05) is 12.6 Å². The fourth-order valence-corrected chi connectivity index (χ4v) is 1.53. The van der Waals surface area contributed by atoms with Crippen LogP contribution in [0.15, 0.2) is 12.1 Å². The summed E-state index contributed by atoms with van der Waals surface area (Å²) in [5.41, 5.74) is 11.5. The summed E-state index contributed by atoms with van der Waals surface area (Å²) in [5, 5.41) is 0. The van der Waals surface area contributed by atoms with Crippen molar-refractivity contribution in [2.75, 3.05) is 13.2 Å². The number of hydrogen-bond donors (Lipinski definition) is 2. The first-order chi connectivity index (χ1) is 8.11. The van der Waals surface area contributed by atoms with Crippen LogP contribution in [-0.2, 0) is 0 Å². The molecule has 0 aliphatic heterocycles. The van der Waals surface area contributed by atoms with Gasteiger partial charge in [0.2, 0.25) is 5.82 Å². The molecular weight excluding hydrogens is 226 g/mol. The number of hydrogen-bond acceptors (Lipinski definition) is 3. The Balaban J connectivity index is 2.18. The highest BCUT2D eigenvalue weighted by Gasteiger charge is 2.23. The Hall–Kier alpha value is -1.20. The molecule has 1 saturated carbocycles. The molecule has 1 unspecified atom stereocenters. The molecule has 5 heteroatoms. The predicted molar refractivity (Wildman–Crippen MR) is 60.6 cm³/mol. The number of halogens is 2. The number of rotatable bonds is 5. The molecule has 0 heterocycles. The summed E-state index contributed by atoms with van der Waals surface area (Å²) in [5.74, 6) is -1.50. The van der Waals surface area contributed by atoms with E-state index in [0.29, 0.717) is 18.1 Å². The van der Waals surface area contributed by atoms with E-state index in [-0.39, 0.29) is 12.3 Å². The van der Waals surface area contributed by atoms with E-state index in [4.69, 9.17) is 16.2 Å². The second kappa shape index (κ2) is 4.98. The lowest BCUT2D eigenvalue weighted by atomic mass is 10.1. The summed E-state index contributed by atoms with van der Waals surface area (Å²) >= 11 is 0. The van der Waals surface area contributed by atoms with Gasteiger partial charge in [-0.05, 0) is 36.5 Å². The van der Waals surface area contributed by atoms with Gasteiger partial charge in [0.05, 0.1) is 6.61 Å². The maximum atomic E-state index is 13.4. The first-order valence-electron chi connectivity index (χ1n) is 5.69. The molecule has 3 nitrogen and oxygen atoms in total. The van der Waals surface area contributed by atoms with Crippen LogP contribution in [0.4, 0.5) is 8.78 Å². The van der Waals surface area contributed by atoms with Crippen molar-refractivity contribution in [3.8, 4) is 5.75 Å². The Morgan fingerprint density at radius 1 is 1.35 bits per heavy atom. The molecule has 94 valence electrons. The van der Waals surface area contributed by atoms with Gasteiger partial charge in [0.25, 0.3) is 0 Å². The van der Waals surface area contributed by atoms with Gasteiger partial charge in [-0.15, -0.1) is 0 Å². The van der Waals surface area contributed by atoms with Crippen molar-refractivity contribution in [1.29, 1.82) is 0 Å². The van der Waals surface area contributed by atoms with E-state index in [9.17, 15) is 8.78 Å². The fourth-order valence-electron chi connectivity index (χ4n) is 1.53. The minimum atomic E-state index is -0.960. The molecule has 1 aliphatic carbocycles. The first kappa shape index (κ1) is 12.3. The van der Waals surface area contributed by atoms with E-state index in [0.717, 1.165) is 18.9 Å². The molecule has 1 aliphatic rings. The average molecular weight is 242 g/mol. The van der Waals surface area contributed by atoms with Crippen LogP contribution in [0.1, 0.15) is 24.4 Å². The number of benzene rings is 1. The van der Waals surface area contributed by atoms with Crippen LogP contribution in [0.2, 0.25) is 0 Å². The summed E-state index contributed by atoms with van der Waals surface area (Å²) < 4.78 is 32.0. The number of ether oxygens (including phenoxy) is 1. The smallest absolute Gasteiger partial charge is 0.200 e. The van der Waals surface area contributed by atoms with E-state index in [1.807, 2.05) is 0 Å². The SMILES string of the molecule is NCC(N)c1cc(F)c(F)c(OCC2CC2)c1. The molecule has 17 heavy (non-hydrogen) atoms. The monoisotopic (exact) mass is 242 g/mol. The van der Waals surface area contributed by atoms with Crippen molar-refractivity contribution in [2.45, 2.75) is 18.9 Å². The Morgan fingerprint density at radius 2 is 2.06 bits per heavy atom. The van der Waals surface area contributed by atoms with Crippen LogP contribution >= 0.6 is 0 Å². The van der Waals surface area contributed by atoms with Gasteiger partial charge in [0.1, 0.15) is 0 Å². The van der Waals surface area contributed by atoms with Gasteiger partial charge in [-0.25, -0.2) is 4.39 Å². The Bertz CT molecular complexity index is 408. The van der Waals surface area contributed by atoms with Gasteiger partial charge >= 0.3 is 0 Å². The molecule has 2 rings (SSSR count). The zero-order valence-electron chi connectivity index (χ0n) is 9.46. The highest BCUT2D eigenvalue weighted by atomic mass is 19.2. The second-order valence-electron chi connectivity index (χ2n) is 4.41. The lowest BCUT2D eigenvalue weighted by Crippen LogP contribution is -2.21. The molecule has 1 aromatic rings. The zero-order chi connectivity index (χ0) is 12.4. The van der Waals surface area contributed by atoms with E-state index < -0.39 is 17.7 Å². The van der Waals surface area contributed by atoms with Crippen molar-refractivity contribution < 1.29 is 13.5 Å². The zero-order valence-corrected chi connectivity index (χ0v) is 9.46. The average Bonchev–Trinajstić information content (AvgIpc) is 3.13. The third-order valence-electron chi connectivity index (χ3n) is 2.87. The van der Waals surface area contributed by atoms with Gasteiger partial charge in [-0.2, -0.15) is 4.39 Å². The largest absolute Gasteiger partial charge is 0.490 e. The quantitative estimate of drug-likeness (QED) is 0.826. The van der Waals surface area contributed by atoms with Crippen LogP contribution in [0.25, 0.3) is 0 Å². The summed E-state index contributed by atoms with van der Waals surface area (Å²) in [4.78, 5) is 0. The normalized spacial score (nSPS) is 16.9. The summed E-state index contributed by atoms with van der Waals surface area (Å²) in [6.07, 6.45) is 2.18. The van der Waals surface area contributed by atoms with Crippen molar-refractivity contribution in [2.24, 2.45) is 17.4 Å². The molecule has 4 N–H and O–H groups in total. The third kappa shape index (κ3) is 2.92. The minimum Gasteiger partial charge on any atom is -0.490 e. The summed E-state index contributed by atoms with van der Waals surface area (Å²) in [7, 11) is 0. The van der Waals surface area contributed by atoms with Crippen LogP contribution in [0.3, 0.4) is 0 Å². The molecule has 0 amide bonds. The van der Waals surface area contributed by atoms with Crippen LogP contribution in [-0.4, -0.2) is 13.2 Å². The molecule has 0 spiro atoms. The standard InChI is InChI=1S/C12H16F2N2O/c13-9-3-8(10(16)5-15)4-11(12(9)14)17-6-7-1-2-7/h3-4,7,10H,1-2,5-6,15-16H2. The molecule has 1 atom stereocenters. The maximum Gasteiger partial charge on any atom is 0.200 e. The fraction of sp³-hybridized carbons (Fsp3) is 0.500. The van der Waals surface area contributed by atoms with Crippen molar-refractivity contribution >= 4 is 0 Å². The van der Waals surface area contributed by atoms with Crippen LogP contribution < -0.4 is 16.2 Å². The topological polar surface area (TPSA) is 61.3 Å². The predicted octanol–water partition coefficient (Wildman–Crippen LogP) is 1.71. The van der Waals surface area contributed by atoms with Crippen LogP contribution in [0.5, 0.6) is 5.75 Å². The summed E-state index contributed by atoms with van der Waals surface area (Å²) in [6.45, 7) is 0.602. The van der Waals surface area contributed by atoms with E-state index in [1.165, 1.54) is 6.07 Å². The van der Waals surface area contributed by atoms with Gasteiger partial charge in [-0.3, -0.25) is 0 Å². The van der Waals surface area contributed by atoms with Crippen molar-refractivity contribution in [3.05, 3.63) is 29.3 Å². The molecule has 0 bridgehead atoms. The van der Waals surface area contributed by atoms with Gasteiger partial charge in [-0.1, -0.05) is 0 Å².